The van der Waals surface area contributed by atoms with Crippen LogP contribution in [0.4, 0.5) is 26.3 Å². The Labute approximate surface area is 120 Å². The third-order valence-electron chi connectivity index (χ3n) is 2.82. The van der Waals surface area contributed by atoms with Gasteiger partial charge in [-0.25, -0.2) is 17.6 Å². The zero-order chi connectivity index (χ0) is 16.7. The molecule has 0 unspecified atom stereocenters. The van der Waals surface area contributed by atoms with Crippen LogP contribution in [0.25, 0.3) is 0 Å². The Balaban J connectivity index is 2.44. The van der Waals surface area contributed by atoms with Crippen LogP contribution in [0.15, 0.2) is 24.3 Å². The quantitative estimate of drug-likeness (QED) is 0.850. The van der Waals surface area contributed by atoms with Gasteiger partial charge in [0.25, 0.3) is 0 Å². The summed E-state index contributed by atoms with van der Waals surface area (Å²) >= 11 is 0. The number of alkyl halides is 2. The summed E-state index contributed by atoms with van der Waals surface area (Å²) in [5, 5.41) is 8.91. The molecule has 118 valence electrons. The minimum Gasteiger partial charge on any atom is -0.508 e. The summed E-state index contributed by atoms with van der Waals surface area (Å²) in [5.41, 5.74) is -2.20. The molecule has 0 aromatic heterocycles. The smallest absolute Gasteiger partial charge is 0.432 e. The number of halogens is 6. The lowest BCUT2D eigenvalue weighted by Gasteiger charge is -2.19. The Morgan fingerprint density at radius 2 is 1.32 bits per heavy atom. The van der Waals surface area contributed by atoms with Crippen molar-refractivity contribution in [3.63, 3.8) is 0 Å². The summed E-state index contributed by atoms with van der Waals surface area (Å²) < 4.78 is 85.1. The first-order chi connectivity index (χ1) is 10.1. The van der Waals surface area contributed by atoms with Gasteiger partial charge in [-0.2, -0.15) is 8.78 Å². The van der Waals surface area contributed by atoms with E-state index in [1.807, 2.05) is 0 Å². The summed E-state index contributed by atoms with van der Waals surface area (Å²) in [6, 6.07) is 1.43. The lowest BCUT2D eigenvalue weighted by molar-refractivity contribution is -0.189. The number of hydrogen-bond donors (Lipinski definition) is 1. The van der Waals surface area contributed by atoms with Crippen LogP contribution in [0.5, 0.6) is 11.5 Å². The Bertz CT molecular complexity index is 683. The van der Waals surface area contributed by atoms with Gasteiger partial charge in [0.2, 0.25) is 0 Å². The highest BCUT2D eigenvalue weighted by Gasteiger charge is 2.41. The van der Waals surface area contributed by atoms with Crippen molar-refractivity contribution in [1.29, 1.82) is 0 Å². The Morgan fingerprint density at radius 1 is 0.864 bits per heavy atom. The van der Waals surface area contributed by atoms with Crippen LogP contribution in [0.1, 0.15) is 11.1 Å². The highest BCUT2D eigenvalue weighted by atomic mass is 19.3. The normalized spacial score (nSPS) is 11.6. The molecule has 2 aromatic carbocycles. The van der Waals surface area contributed by atoms with Gasteiger partial charge in [-0.15, -0.1) is 0 Å². The third-order valence-corrected chi connectivity index (χ3v) is 2.82. The second kappa shape index (κ2) is 5.43. The van der Waals surface area contributed by atoms with E-state index in [9.17, 15) is 26.3 Å². The van der Waals surface area contributed by atoms with E-state index in [-0.39, 0.29) is 12.1 Å². The molecule has 0 aliphatic carbocycles. The molecule has 0 fully saturated rings. The van der Waals surface area contributed by atoms with Gasteiger partial charge >= 0.3 is 6.11 Å². The maximum absolute atomic E-state index is 13.8. The Hall–Kier alpha value is -2.38. The van der Waals surface area contributed by atoms with Crippen LogP contribution in [0, 0.1) is 30.2 Å². The molecule has 2 rings (SSSR count). The van der Waals surface area contributed by atoms with Crippen molar-refractivity contribution in [2.75, 3.05) is 0 Å². The number of benzene rings is 2. The number of phenols is 1. The Kier molecular flexibility index (Phi) is 3.95. The predicted octanol–water partition coefficient (Wildman–Crippen LogP) is 4.39. The average Bonchev–Trinajstić information content (AvgIpc) is 2.33. The maximum atomic E-state index is 13.8. The molecule has 2 nitrogen and oxygen atoms in total. The second-order valence-corrected chi connectivity index (χ2v) is 4.42. The zero-order valence-electron chi connectivity index (χ0n) is 10.9. The number of hydrogen-bond acceptors (Lipinski definition) is 2. The van der Waals surface area contributed by atoms with Crippen molar-refractivity contribution in [2.45, 2.75) is 13.0 Å². The van der Waals surface area contributed by atoms with E-state index in [2.05, 4.69) is 4.74 Å². The molecule has 0 saturated heterocycles. The molecule has 0 aliphatic rings. The fourth-order valence-electron chi connectivity index (χ4n) is 1.72. The molecule has 0 radical (unpaired) electrons. The van der Waals surface area contributed by atoms with Crippen LogP contribution >= 0.6 is 0 Å². The van der Waals surface area contributed by atoms with Gasteiger partial charge in [-0.05, 0) is 6.92 Å². The molecule has 0 amide bonds. The van der Waals surface area contributed by atoms with E-state index in [0.717, 1.165) is 6.92 Å². The lowest BCUT2D eigenvalue weighted by Crippen LogP contribution is -2.25. The highest BCUT2D eigenvalue weighted by molar-refractivity contribution is 5.34. The van der Waals surface area contributed by atoms with Crippen LogP contribution in [0.2, 0.25) is 0 Å². The first-order valence-corrected chi connectivity index (χ1v) is 5.83. The van der Waals surface area contributed by atoms with Crippen LogP contribution in [-0.4, -0.2) is 5.11 Å². The zero-order valence-corrected chi connectivity index (χ0v) is 10.9. The average molecular weight is 322 g/mol. The van der Waals surface area contributed by atoms with Gasteiger partial charge in [0.05, 0.1) is 0 Å². The highest BCUT2D eigenvalue weighted by Crippen LogP contribution is 2.37. The van der Waals surface area contributed by atoms with E-state index in [1.165, 1.54) is 0 Å². The molecular weight excluding hydrogens is 314 g/mol. The molecule has 0 spiro atoms. The van der Waals surface area contributed by atoms with Crippen molar-refractivity contribution < 1.29 is 36.2 Å². The molecule has 0 aliphatic heterocycles. The summed E-state index contributed by atoms with van der Waals surface area (Å²) in [7, 11) is 0. The number of aromatic hydroxyl groups is 1. The SMILES string of the molecule is Cc1c(F)cc(OC(F)(F)c2c(F)cc(O)cc2F)cc1F. The molecule has 8 heteroatoms. The minimum absolute atomic E-state index is 0.256. The summed E-state index contributed by atoms with van der Waals surface area (Å²) in [6.07, 6.45) is -4.55. The summed E-state index contributed by atoms with van der Waals surface area (Å²) in [5.74, 6) is -7.69. The van der Waals surface area contributed by atoms with Crippen molar-refractivity contribution in [2.24, 2.45) is 0 Å². The van der Waals surface area contributed by atoms with Gasteiger partial charge in [0, 0.05) is 29.8 Å². The van der Waals surface area contributed by atoms with Gasteiger partial charge in [-0.3, -0.25) is 0 Å². The van der Waals surface area contributed by atoms with Crippen LogP contribution in [-0.2, 0) is 6.11 Å². The predicted molar refractivity (Wildman–Crippen MR) is 63.6 cm³/mol. The number of rotatable bonds is 3. The van der Waals surface area contributed by atoms with E-state index in [1.54, 1.807) is 0 Å². The first kappa shape index (κ1) is 16.0. The molecule has 1 N–H and O–H groups in total. The summed E-state index contributed by atoms with van der Waals surface area (Å²) in [6.45, 7) is 1.08. The molecule has 0 bridgehead atoms. The molecule has 22 heavy (non-hydrogen) atoms. The largest absolute Gasteiger partial charge is 0.508 e. The van der Waals surface area contributed by atoms with E-state index in [0.29, 0.717) is 12.1 Å². The van der Waals surface area contributed by atoms with E-state index >= 15 is 0 Å². The standard InChI is InChI=1S/C14H8F6O2/c1-6-9(15)4-8(5-10(6)16)22-14(19,20)13-11(17)2-7(21)3-12(13)18/h2-5,21H,1H3. The summed E-state index contributed by atoms with van der Waals surface area (Å²) in [4.78, 5) is 0. The van der Waals surface area contributed by atoms with Crippen molar-refractivity contribution in [1.82, 2.24) is 0 Å². The molecule has 0 heterocycles. The molecular formula is C14H8F6O2. The number of phenolic OH excluding ortho intramolecular Hbond substituents is 1. The third kappa shape index (κ3) is 2.95. The fraction of sp³-hybridized carbons (Fsp3) is 0.143. The van der Waals surface area contributed by atoms with Gasteiger partial charge in [-0.1, -0.05) is 0 Å². The topological polar surface area (TPSA) is 29.5 Å². The van der Waals surface area contributed by atoms with Crippen LogP contribution in [0.3, 0.4) is 0 Å². The molecule has 0 atom stereocenters. The Morgan fingerprint density at radius 3 is 1.77 bits per heavy atom. The van der Waals surface area contributed by atoms with Gasteiger partial charge in [0.1, 0.15) is 40.3 Å². The van der Waals surface area contributed by atoms with Gasteiger partial charge < -0.3 is 9.84 Å². The van der Waals surface area contributed by atoms with Crippen molar-refractivity contribution >= 4 is 0 Å². The first-order valence-electron chi connectivity index (χ1n) is 5.83. The van der Waals surface area contributed by atoms with Crippen molar-refractivity contribution in [3.8, 4) is 11.5 Å². The lowest BCUT2D eigenvalue weighted by atomic mass is 10.1. The minimum atomic E-state index is -4.55. The molecule has 0 saturated carbocycles. The maximum Gasteiger partial charge on any atom is 0.432 e. The monoisotopic (exact) mass is 322 g/mol. The van der Waals surface area contributed by atoms with E-state index in [4.69, 9.17) is 5.11 Å². The number of ether oxygens (including phenoxy) is 1. The molecule has 2 aromatic rings. The fourth-order valence-corrected chi connectivity index (χ4v) is 1.72. The van der Waals surface area contributed by atoms with Crippen molar-refractivity contribution in [3.05, 3.63) is 58.7 Å². The second-order valence-electron chi connectivity index (χ2n) is 4.42. The van der Waals surface area contributed by atoms with E-state index < -0.39 is 52.0 Å². The van der Waals surface area contributed by atoms with Crippen LogP contribution < -0.4 is 4.74 Å². The van der Waals surface area contributed by atoms with Gasteiger partial charge in [0.15, 0.2) is 0 Å².